The zero-order chi connectivity index (χ0) is 9.94. The summed E-state index contributed by atoms with van der Waals surface area (Å²) in [7, 11) is 0. The van der Waals surface area contributed by atoms with Crippen molar-refractivity contribution in [3.05, 3.63) is 25.5 Å². The van der Waals surface area contributed by atoms with Crippen LogP contribution in [0.2, 0.25) is 0 Å². The van der Waals surface area contributed by atoms with Crippen molar-refractivity contribution >= 4 is 0 Å². The van der Waals surface area contributed by atoms with Crippen LogP contribution in [-0.4, -0.2) is 19.2 Å². The maximum absolute atomic E-state index is 5.02. The van der Waals surface area contributed by atoms with E-state index < -0.39 is 0 Å². The summed E-state index contributed by atoms with van der Waals surface area (Å²) in [6.07, 6.45) is 6.86. The minimum absolute atomic E-state index is 0.552. The Kier molecular flexibility index (Phi) is 8.78. The van der Waals surface area contributed by atoms with E-state index >= 15 is 0 Å². The van der Waals surface area contributed by atoms with Crippen molar-refractivity contribution in [3.63, 3.8) is 0 Å². The Labute approximate surface area is 81.7 Å². The van der Waals surface area contributed by atoms with Gasteiger partial charge in [0.15, 0.2) is 0 Å². The fraction of sp³-hybridized carbons (Fsp3) is 0.636. The molecule has 0 amide bonds. The van der Waals surface area contributed by atoms with Crippen molar-refractivity contribution in [3.8, 4) is 0 Å². The van der Waals surface area contributed by atoms with Gasteiger partial charge in [-0.1, -0.05) is 26.0 Å². The Morgan fingerprint density at radius 3 is 2.77 bits per heavy atom. The van der Waals surface area contributed by atoms with Gasteiger partial charge in [-0.3, -0.25) is 0 Å². The molecular weight excluding hydrogens is 162 g/mol. The third-order valence-electron chi connectivity index (χ3n) is 1.86. The summed E-state index contributed by atoms with van der Waals surface area (Å²) in [6.45, 7) is 11.0. The summed E-state index contributed by atoms with van der Waals surface area (Å²) in [5.41, 5.74) is 0. The Hall–Kier alpha value is -0.760. The van der Waals surface area contributed by atoms with Gasteiger partial charge in [0.05, 0.1) is 12.9 Å². The first-order valence-corrected chi connectivity index (χ1v) is 4.91. The zero-order valence-electron chi connectivity index (χ0n) is 8.59. The maximum Gasteiger partial charge on any atom is 0.0997 e. The van der Waals surface area contributed by atoms with E-state index in [1.165, 1.54) is 19.1 Å². The molecule has 0 saturated heterocycles. The van der Waals surface area contributed by atoms with Crippen LogP contribution in [0.5, 0.6) is 0 Å². The molecular formula is C11H21NO. The monoisotopic (exact) mass is 183 g/mol. The molecule has 2 heteroatoms. The number of hydrogen-bond donors (Lipinski definition) is 1. The Morgan fingerprint density at radius 1 is 1.46 bits per heavy atom. The molecule has 0 aliphatic rings. The fourth-order valence-electron chi connectivity index (χ4n) is 1.26. The van der Waals surface area contributed by atoms with Gasteiger partial charge < -0.3 is 10.1 Å². The smallest absolute Gasteiger partial charge is 0.0997 e. The second kappa shape index (κ2) is 9.33. The highest BCUT2D eigenvalue weighted by Gasteiger charge is 2.03. The lowest BCUT2D eigenvalue weighted by Gasteiger charge is -2.15. The van der Waals surface area contributed by atoms with Crippen LogP contribution in [0, 0.1) is 0 Å². The molecule has 0 radical (unpaired) electrons. The molecule has 1 atom stereocenters. The molecule has 0 aromatic heterocycles. The molecule has 0 aromatic rings. The number of ether oxygens (including phenoxy) is 1. The molecule has 0 bridgehead atoms. The highest BCUT2D eigenvalue weighted by Crippen LogP contribution is 2.01. The van der Waals surface area contributed by atoms with Crippen molar-refractivity contribution in [2.24, 2.45) is 0 Å². The molecule has 1 unspecified atom stereocenters. The lowest BCUT2D eigenvalue weighted by atomic mass is 10.1. The van der Waals surface area contributed by atoms with Gasteiger partial charge in [-0.2, -0.15) is 0 Å². The Balaban J connectivity index is 3.43. The van der Waals surface area contributed by atoms with Crippen LogP contribution in [-0.2, 0) is 4.74 Å². The summed E-state index contributed by atoms with van der Waals surface area (Å²) >= 11 is 0. The van der Waals surface area contributed by atoms with Crippen LogP contribution >= 0.6 is 0 Å². The summed E-state index contributed by atoms with van der Waals surface area (Å²) in [6, 6.07) is 0.552. The summed E-state index contributed by atoms with van der Waals surface area (Å²) in [5, 5.41) is 3.41. The maximum atomic E-state index is 5.02. The van der Waals surface area contributed by atoms with E-state index in [-0.39, 0.29) is 0 Å². The van der Waals surface area contributed by atoms with E-state index in [0.717, 1.165) is 13.0 Å². The van der Waals surface area contributed by atoms with E-state index in [4.69, 9.17) is 4.74 Å². The second-order valence-corrected chi connectivity index (χ2v) is 3.00. The lowest BCUT2D eigenvalue weighted by Crippen LogP contribution is -2.31. The van der Waals surface area contributed by atoms with Gasteiger partial charge in [-0.05, 0) is 12.8 Å². The molecule has 0 saturated carbocycles. The minimum Gasteiger partial charge on any atom is -0.500 e. The van der Waals surface area contributed by atoms with Crippen molar-refractivity contribution in [2.45, 2.75) is 32.2 Å². The van der Waals surface area contributed by atoms with E-state index in [1.54, 1.807) is 0 Å². The van der Waals surface area contributed by atoms with Gasteiger partial charge in [0.2, 0.25) is 0 Å². The highest BCUT2D eigenvalue weighted by molar-refractivity contribution is 4.77. The largest absolute Gasteiger partial charge is 0.500 e. The van der Waals surface area contributed by atoms with Crippen LogP contribution in [0.3, 0.4) is 0 Å². The molecule has 76 valence electrons. The molecule has 0 aromatic carbocycles. The number of hydrogen-bond acceptors (Lipinski definition) is 2. The SMILES string of the molecule is C=CCC(CCC)NCCOC=C. The Bertz CT molecular complexity index is 134. The molecule has 0 aliphatic heterocycles. The average Bonchev–Trinajstić information content (AvgIpc) is 2.13. The topological polar surface area (TPSA) is 21.3 Å². The van der Waals surface area contributed by atoms with E-state index in [2.05, 4.69) is 25.4 Å². The molecule has 0 aliphatic carbocycles. The average molecular weight is 183 g/mol. The van der Waals surface area contributed by atoms with Crippen molar-refractivity contribution in [1.82, 2.24) is 5.32 Å². The molecule has 1 N–H and O–H groups in total. The quantitative estimate of drug-likeness (QED) is 0.337. The summed E-state index contributed by atoms with van der Waals surface area (Å²) in [5.74, 6) is 0. The van der Waals surface area contributed by atoms with Crippen molar-refractivity contribution < 1.29 is 4.74 Å². The first-order chi connectivity index (χ1) is 6.35. The summed E-state index contributed by atoms with van der Waals surface area (Å²) < 4.78 is 5.02. The first kappa shape index (κ1) is 12.2. The van der Waals surface area contributed by atoms with Crippen LogP contribution in [0.15, 0.2) is 25.5 Å². The fourth-order valence-corrected chi connectivity index (χ4v) is 1.26. The van der Waals surface area contributed by atoms with E-state index in [9.17, 15) is 0 Å². The van der Waals surface area contributed by atoms with Crippen molar-refractivity contribution in [2.75, 3.05) is 13.2 Å². The third-order valence-corrected chi connectivity index (χ3v) is 1.86. The van der Waals surface area contributed by atoms with Gasteiger partial charge in [-0.25, -0.2) is 0 Å². The van der Waals surface area contributed by atoms with E-state index in [0.29, 0.717) is 12.6 Å². The number of nitrogens with one attached hydrogen (secondary N) is 1. The highest BCUT2D eigenvalue weighted by atomic mass is 16.5. The van der Waals surface area contributed by atoms with Gasteiger partial charge in [-0.15, -0.1) is 6.58 Å². The standard InChI is InChI=1S/C11H21NO/c1-4-7-11(8-5-2)12-9-10-13-6-3/h4,6,11-12H,1,3,5,7-10H2,2H3. The van der Waals surface area contributed by atoms with Crippen LogP contribution < -0.4 is 5.32 Å². The van der Waals surface area contributed by atoms with Crippen molar-refractivity contribution in [1.29, 1.82) is 0 Å². The van der Waals surface area contributed by atoms with Gasteiger partial charge >= 0.3 is 0 Å². The van der Waals surface area contributed by atoms with Gasteiger partial charge in [0.25, 0.3) is 0 Å². The molecule has 0 fully saturated rings. The zero-order valence-corrected chi connectivity index (χ0v) is 8.59. The normalized spacial score (nSPS) is 12.1. The lowest BCUT2D eigenvalue weighted by molar-refractivity contribution is 0.243. The first-order valence-electron chi connectivity index (χ1n) is 4.91. The second-order valence-electron chi connectivity index (χ2n) is 3.00. The predicted molar refractivity (Wildman–Crippen MR) is 57.7 cm³/mol. The van der Waals surface area contributed by atoms with Gasteiger partial charge in [0.1, 0.15) is 0 Å². The predicted octanol–water partition coefficient (Wildman–Crippen LogP) is 2.48. The summed E-state index contributed by atoms with van der Waals surface area (Å²) in [4.78, 5) is 0. The molecule has 0 rings (SSSR count). The molecule has 2 nitrogen and oxygen atoms in total. The van der Waals surface area contributed by atoms with Crippen LogP contribution in [0.1, 0.15) is 26.2 Å². The Morgan fingerprint density at radius 2 is 2.23 bits per heavy atom. The van der Waals surface area contributed by atoms with Crippen LogP contribution in [0.4, 0.5) is 0 Å². The molecule has 0 heterocycles. The number of rotatable bonds is 9. The van der Waals surface area contributed by atoms with E-state index in [1.807, 2.05) is 6.08 Å². The molecule has 0 spiro atoms. The minimum atomic E-state index is 0.552. The van der Waals surface area contributed by atoms with Crippen LogP contribution in [0.25, 0.3) is 0 Å². The molecule has 13 heavy (non-hydrogen) atoms. The third kappa shape index (κ3) is 7.60. The van der Waals surface area contributed by atoms with Gasteiger partial charge in [0, 0.05) is 12.6 Å².